The number of guanidine groups is 1. The van der Waals surface area contributed by atoms with Crippen molar-refractivity contribution in [2.45, 2.75) is 50.2 Å². The summed E-state index contributed by atoms with van der Waals surface area (Å²) < 4.78 is 47.0. The van der Waals surface area contributed by atoms with Crippen LogP contribution in [0.3, 0.4) is 0 Å². The number of benzene rings is 1. The second-order valence-electron chi connectivity index (χ2n) is 6.60. The number of halogens is 3. The molecule has 1 aromatic carbocycles. The van der Waals surface area contributed by atoms with Crippen LogP contribution < -0.4 is 20.1 Å². The first-order valence-corrected chi connectivity index (χ1v) is 10.6. The van der Waals surface area contributed by atoms with Crippen LogP contribution >= 0.6 is 11.8 Å². The molecule has 1 saturated carbocycles. The molecule has 28 heavy (non-hydrogen) atoms. The number of thioether (sulfide) groups is 1. The smallest absolute Gasteiger partial charge is 0.422 e. The van der Waals surface area contributed by atoms with E-state index < -0.39 is 12.8 Å². The summed E-state index contributed by atoms with van der Waals surface area (Å²) in [7, 11) is 1.40. The molecule has 0 saturated heterocycles. The number of methoxy groups -OCH3 is 1. The van der Waals surface area contributed by atoms with E-state index in [1.54, 1.807) is 12.1 Å². The van der Waals surface area contributed by atoms with Gasteiger partial charge < -0.3 is 20.1 Å². The summed E-state index contributed by atoms with van der Waals surface area (Å²) in [6, 6.07) is 5.23. The van der Waals surface area contributed by atoms with Gasteiger partial charge in [0.15, 0.2) is 24.1 Å². The number of nitrogens with one attached hydrogen (secondary N) is 2. The number of hydrogen-bond donors (Lipinski definition) is 2. The maximum Gasteiger partial charge on any atom is 0.422 e. The highest BCUT2D eigenvalue weighted by Crippen LogP contribution is 2.30. The van der Waals surface area contributed by atoms with Gasteiger partial charge in [0, 0.05) is 17.8 Å². The van der Waals surface area contributed by atoms with Crippen molar-refractivity contribution in [1.82, 2.24) is 10.6 Å². The molecule has 0 bridgehead atoms. The van der Waals surface area contributed by atoms with Gasteiger partial charge in [0.05, 0.1) is 13.7 Å². The summed E-state index contributed by atoms with van der Waals surface area (Å²) in [5.74, 6) is 1.06. The number of ether oxygens (including phenoxy) is 2. The molecule has 1 aliphatic carbocycles. The van der Waals surface area contributed by atoms with Crippen LogP contribution in [0, 0.1) is 0 Å². The fourth-order valence-electron chi connectivity index (χ4n) is 3.06. The van der Waals surface area contributed by atoms with E-state index in [2.05, 4.69) is 21.9 Å². The Morgan fingerprint density at radius 1 is 1.29 bits per heavy atom. The zero-order valence-electron chi connectivity index (χ0n) is 16.4. The van der Waals surface area contributed by atoms with Crippen molar-refractivity contribution in [3.63, 3.8) is 0 Å². The Labute approximate surface area is 168 Å². The third-order valence-electron chi connectivity index (χ3n) is 4.44. The van der Waals surface area contributed by atoms with E-state index in [0.717, 1.165) is 30.9 Å². The van der Waals surface area contributed by atoms with Gasteiger partial charge in [-0.3, -0.25) is 0 Å². The Balaban J connectivity index is 2.01. The maximum atomic E-state index is 12.4. The minimum Gasteiger partial charge on any atom is -0.493 e. The van der Waals surface area contributed by atoms with Crippen molar-refractivity contribution in [2.24, 2.45) is 4.99 Å². The minimum atomic E-state index is -4.39. The molecule has 0 spiro atoms. The van der Waals surface area contributed by atoms with Crippen LogP contribution in [0.15, 0.2) is 23.2 Å². The molecule has 0 aliphatic heterocycles. The molecule has 0 amide bonds. The molecule has 5 nitrogen and oxygen atoms in total. The largest absolute Gasteiger partial charge is 0.493 e. The fourth-order valence-corrected chi connectivity index (χ4v) is 3.85. The lowest BCUT2D eigenvalue weighted by molar-refractivity contribution is -0.153. The second kappa shape index (κ2) is 10.7. The fraction of sp³-hybridized carbons (Fsp3) is 0.632. The molecule has 2 atom stereocenters. The Morgan fingerprint density at radius 2 is 2.07 bits per heavy atom. The van der Waals surface area contributed by atoms with E-state index in [1.165, 1.54) is 19.6 Å². The van der Waals surface area contributed by atoms with Gasteiger partial charge in [0.2, 0.25) is 0 Å². The van der Waals surface area contributed by atoms with E-state index >= 15 is 0 Å². The SMILES string of the molecule is CCNC(=NCc1ccc(OCC(F)(F)F)c(OC)c1)NC1CCC(SC)C1. The molecule has 0 aromatic heterocycles. The number of nitrogens with zero attached hydrogens (tertiary/aromatic N) is 1. The van der Waals surface area contributed by atoms with E-state index in [4.69, 9.17) is 9.47 Å². The number of aliphatic imine (C=N–C) groups is 1. The Bertz CT molecular complexity index is 656. The van der Waals surface area contributed by atoms with E-state index in [-0.39, 0.29) is 11.5 Å². The van der Waals surface area contributed by atoms with Crippen molar-refractivity contribution in [2.75, 3.05) is 26.5 Å². The van der Waals surface area contributed by atoms with Crippen molar-refractivity contribution in [3.05, 3.63) is 23.8 Å². The highest BCUT2D eigenvalue weighted by atomic mass is 32.2. The summed E-state index contributed by atoms with van der Waals surface area (Å²) in [4.78, 5) is 4.60. The summed E-state index contributed by atoms with van der Waals surface area (Å²) in [6.07, 6.45) is 1.19. The first kappa shape index (κ1) is 22.5. The minimum absolute atomic E-state index is 0.0617. The van der Waals surface area contributed by atoms with E-state index in [0.29, 0.717) is 17.8 Å². The summed E-state index contributed by atoms with van der Waals surface area (Å²) in [5, 5.41) is 7.40. The average Bonchev–Trinajstić information content (AvgIpc) is 3.12. The predicted molar refractivity (Wildman–Crippen MR) is 107 cm³/mol. The molecule has 0 heterocycles. The molecule has 1 aromatic rings. The molecule has 158 valence electrons. The van der Waals surface area contributed by atoms with E-state index in [9.17, 15) is 13.2 Å². The summed E-state index contributed by atoms with van der Waals surface area (Å²) in [5.41, 5.74) is 0.821. The molecule has 0 radical (unpaired) electrons. The predicted octanol–water partition coefficient (Wildman–Crippen LogP) is 3.98. The van der Waals surface area contributed by atoms with Gasteiger partial charge in [-0.05, 0) is 50.1 Å². The lowest BCUT2D eigenvalue weighted by Crippen LogP contribution is -2.42. The summed E-state index contributed by atoms with van der Waals surface area (Å²) >= 11 is 1.90. The summed E-state index contributed by atoms with van der Waals surface area (Å²) in [6.45, 7) is 1.78. The van der Waals surface area contributed by atoms with Crippen LogP contribution in [0.4, 0.5) is 13.2 Å². The first-order chi connectivity index (χ1) is 13.3. The van der Waals surface area contributed by atoms with Crippen LogP contribution in [-0.4, -0.2) is 49.9 Å². The molecule has 2 N–H and O–H groups in total. The van der Waals surface area contributed by atoms with Gasteiger partial charge in [-0.25, -0.2) is 4.99 Å². The topological polar surface area (TPSA) is 54.9 Å². The normalized spacial score (nSPS) is 20.1. The van der Waals surface area contributed by atoms with Gasteiger partial charge in [-0.15, -0.1) is 0 Å². The molecule has 2 unspecified atom stereocenters. The van der Waals surface area contributed by atoms with Gasteiger partial charge in [0.1, 0.15) is 0 Å². The van der Waals surface area contributed by atoms with Crippen molar-refractivity contribution in [3.8, 4) is 11.5 Å². The van der Waals surface area contributed by atoms with Crippen molar-refractivity contribution < 1.29 is 22.6 Å². The number of rotatable bonds is 8. The van der Waals surface area contributed by atoms with Gasteiger partial charge >= 0.3 is 6.18 Å². The van der Waals surface area contributed by atoms with Crippen molar-refractivity contribution >= 4 is 17.7 Å². The standard InChI is InChI=1S/C19H28F3N3O2S/c1-4-23-18(25-14-6-7-15(10-14)28-3)24-11-13-5-8-16(17(9-13)26-2)27-12-19(20,21)22/h5,8-9,14-15H,4,6-7,10-12H2,1-3H3,(H2,23,24,25). The molecule has 1 aliphatic rings. The zero-order valence-corrected chi connectivity index (χ0v) is 17.3. The quantitative estimate of drug-likeness (QED) is 0.493. The van der Waals surface area contributed by atoms with Crippen LogP contribution in [0.25, 0.3) is 0 Å². The third kappa shape index (κ3) is 7.33. The Morgan fingerprint density at radius 3 is 2.68 bits per heavy atom. The van der Waals surface area contributed by atoms with Crippen LogP contribution in [-0.2, 0) is 6.54 Å². The number of alkyl halides is 3. The highest BCUT2D eigenvalue weighted by molar-refractivity contribution is 7.99. The Kier molecular flexibility index (Phi) is 8.59. The average molecular weight is 420 g/mol. The van der Waals surface area contributed by atoms with Crippen LogP contribution in [0.2, 0.25) is 0 Å². The number of hydrogen-bond acceptors (Lipinski definition) is 4. The first-order valence-electron chi connectivity index (χ1n) is 9.28. The molecule has 2 rings (SSSR count). The van der Waals surface area contributed by atoms with Gasteiger partial charge in [-0.1, -0.05) is 6.07 Å². The Hall–Kier alpha value is -1.77. The monoisotopic (exact) mass is 419 g/mol. The zero-order chi connectivity index (χ0) is 20.6. The maximum absolute atomic E-state index is 12.4. The third-order valence-corrected chi connectivity index (χ3v) is 5.54. The lowest BCUT2D eigenvalue weighted by Gasteiger charge is -2.17. The van der Waals surface area contributed by atoms with Crippen molar-refractivity contribution in [1.29, 1.82) is 0 Å². The van der Waals surface area contributed by atoms with Gasteiger partial charge in [0.25, 0.3) is 0 Å². The highest BCUT2D eigenvalue weighted by Gasteiger charge is 2.29. The second-order valence-corrected chi connectivity index (χ2v) is 7.73. The van der Waals surface area contributed by atoms with Gasteiger partial charge in [-0.2, -0.15) is 24.9 Å². The molecule has 1 fully saturated rings. The molecular weight excluding hydrogens is 391 g/mol. The van der Waals surface area contributed by atoms with Crippen LogP contribution in [0.1, 0.15) is 31.7 Å². The molecular formula is C19H28F3N3O2S. The lowest BCUT2D eigenvalue weighted by atomic mass is 10.2. The van der Waals surface area contributed by atoms with E-state index in [1.807, 2.05) is 18.7 Å². The van der Waals surface area contributed by atoms with Crippen LogP contribution in [0.5, 0.6) is 11.5 Å². The molecule has 9 heteroatoms.